The van der Waals surface area contributed by atoms with Crippen molar-refractivity contribution < 1.29 is 23.5 Å². The van der Waals surface area contributed by atoms with Gasteiger partial charge in [0.1, 0.15) is 5.76 Å². The molecule has 3 rings (SSSR count). The monoisotopic (exact) mass is 364 g/mol. The third kappa shape index (κ3) is 4.23. The van der Waals surface area contributed by atoms with Crippen LogP contribution >= 0.6 is 0 Å². The van der Waals surface area contributed by atoms with Gasteiger partial charge < -0.3 is 28.8 Å². The number of rotatable bonds is 7. The molecular weight excluding hydrogens is 340 g/mol. The van der Waals surface area contributed by atoms with E-state index in [1.165, 1.54) is 0 Å². The van der Waals surface area contributed by atoms with Crippen LogP contribution in [0.25, 0.3) is 0 Å². The molecule has 0 aromatic carbocycles. The predicted molar refractivity (Wildman–Crippen MR) is 92.5 cm³/mol. The molecule has 142 valence electrons. The van der Waals surface area contributed by atoms with E-state index in [-0.39, 0.29) is 12.1 Å². The van der Waals surface area contributed by atoms with Crippen LogP contribution in [0.2, 0.25) is 0 Å². The first kappa shape index (κ1) is 18.4. The molecule has 2 atom stereocenters. The molecule has 0 saturated carbocycles. The highest BCUT2D eigenvalue weighted by Crippen LogP contribution is 2.22. The molecular formula is C17H24N4O5. The first-order valence-corrected chi connectivity index (χ1v) is 8.45. The molecule has 0 radical (unpaired) electrons. The van der Waals surface area contributed by atoms with E-state index in [2.05, 4.69) is 20.4 Å². The van der Waals surface area contributed by atoms with E-state index in [0.29, 0.717) is 37.5 Å². The van der Waals surface area contributed by atoms with Crippen LogP contribution in [0.4, 0.5) is 5.95 Å². The van der Waals surface area contributed by atoms with E-state index in [0.717, 1.165) is 23.4 Å². The average Bonchev–Trinajstić information content (AvgIpc) is 2.98. The van der Waals surface area contributed by atoms with Crippen LogP contribution in [0, 0.1) is 13.8 Å². The zero-order valence-corrected chi connectivity index (χ0v) is 15.4. The summed E-state index contributed by atoms with van der Waals surface area (Å²) >= 11 is 0. The second-order valence-electron chi connectivity index (χ2n) is 6.04. The SMILES string of the molecule is COc1cc(OC)nc(N[C@@H]2COCC[C@@H]2OCc2c(C)noc2C)n1. The zero-order valence-electron chi connectivity index (χ0n) is 15.4. The Hall–Kier alpha value is -2.39. The summed E-state index contributed by atoms with van der Waals surface area (Å²) in [5.74, 6) is 2.02. The fraction of sp³-hybridized carbons (Fsp3) is 0.588. The molecule has 0 unspecified atom stereocenters. The van der Waals surface area contributed by atoms with E-state index in [1.54, 1.807) is 20.3 Å². The van der Waals surface area contributed by atoms with E-state index < -0.39 is 0 Å². The summed E-state index contributed by atoms with van der Waals surface area (Å²) in [6.07, 6.45) is 0.709. The van der Waals surface area contributed by atoms with Gasteiger partial charge in [-0.25, -0.2) is 0 Å². The third-order valence-corrected chi connectivity index (χ3v) is 4.33. The largest absolute Gasteiger partial charge is 0.481 e. The molecule has 0 bridgehead atoms. The minimum Gasteiger partial charge on any atom is -0.481 e. The molecule has 9 nitrogen and oxygen atoms in total. The molecule has 3 heterocycles. The number of nitrogens with zero attached hydrogens (tertiary/aromatic N) is 3. The van der Waals surface area contributed by atoms with Gasteiger partial charge in [0.2, 0.25) is 17.7 Å². The molecule has 9 heteroatoms. The molecule has 1 aliphatic heterocycles. The van der Waals surface area contributed by atoms with Crippen LogP contribution < -0.4 is 14.8 Å². The Morgan fingerprint density at radius 3 is 2.54 bits per heavy atom. The van der Waals surface area contributed by atoms with E-state index in [1.807, 2.05) is 13.8 Å². The van der Waals surface area contributed by atoms with Crippen molar-refractivity contribution in [3.63, 3.8) is 0 Å². The van der Waals surface area contributed by atoms with Gasteiger partial charge in [-0.2, -0.15) is 9.97 Å². The summed E-state index contributed by atoms with van der Waals surface area (Å²) in [6.45, 7) is 5.37. The highest BCUT2D eigenvalue weighted by molar-refractivity contribution is 5.35. The summed E-state index contributed by atoms with van der Waals surface area (Å²) < 4.78 is 27.3. The van der Waals surface area contributed by atoms with Crippen molar-refractivity contribution in [1.82, 2.24) is 15.1 Å². The summed E-state index contributed by atoms with van der Waals surface area (Å²) in [5.41, 5.74) is 1.83. The lowest BCUT2D eigenvalue weighted by molar-refractivity contribution is -0.0483. The Bertz CT molecular complexity index is 694. The van der Waals surface area contributed by atoms with Crippen molar-refractivity contribution in [2.24, 2.45) is 0 Å². The van der Waals surface area contributed by atoms with Gasteiger partial charge >= 0.3 is 0 Å². The van der Waals surface area contributed by atoms with Crippen molar-refractivity contribution in [3.05, 3.63) is 23.1 Å². The molecule has 0 amide bonds. The van der Waals surface area contributed by atoms with Crippen molar-refractivity contribution in [2.45, 2.75) is 39.0 Å². The second-order valence-corrected chi connectivity index (χ2v) is 6.04. The first-order chi connectivity index (χ1) is 12.6. The fourth-order valence-electron chi connectivity index (χ4n) is 2.79. The number of methoxy groups -OCH3 is 2. The summed E-state index contributed by atoms with van der Waals surface area (Å²) in [7, 11) is 3.09. The maximum absolute atomic E-state index is 6.13. The van der Waals surface area contributed by atoms with Gasteiger partial charge in [-0.05, 0) is 20.3 Å². The van der Waals surface area contributed by atoms with Crippen LogP contribution in [0.15, 0.2) is 10.6 Å². The Kier molecular flexibility index (Phi) is 5.89. The number of nitrogens with one attached hydrogen (secondary N) is 1. The maximum atomic E-state index is 6.13. The molecule has 1 fully saturated rings. The predicted octanol–water partition coefficient (Wildman–Crippen LogP) is 1.88. The molecule has 1 N–H and O–H groups in total. The Morgan fingerprint density at radius 2 is 1.92 bits per heavy atom. The van der Waals surface area contributed by atoms with Gasteiger partial charge in [-0.15, -0.1) is 0 Å². The minimum absolute atomic E-state index is 0.0572. The molecule has 1 aliphatic rings. The summed E-state index contributed by atoms with van der Waals surface area (Å²) in [5, 5.41) is 7.23. The Balaban J connectivity index is 1.69. The molecule has 2 aromatic heterocycles. The molecule has 2 aromatic rings. The second kappa shape index (κ2) is 8.33. The van der Waals surface area contributed by atoms with Crippen LogP contribution in [0.5, 0.6) is 11.8 Å². The number of anilines is 1. The molecule has 26 heavy (non-hydrogen) atoms. The van der Waals surface area contributed by atoms with Crippen molar-refractivity contribution in [1.29, 1.82) is 0 Å². The molecule has 0 spiro atoms. The first-order valence-electron chi connectivity index (χ1n) is 8.45. The third-order valence-electron chi connectivity index (χ3n) is 4.33. The van der Waals surface area contributed by atoms with Gasteiger partial charge in [-0.1, -0.05) is 5.16 Å². The van der Waals surface area contributed by atoms with Gasteiger partial charge in [0.15, 0.2) is 0 Å². The lowest BCUT2D eigenvalue weighted by Gasteiger charge is -2.32. The topological polar surface area (TPSA) is 101 Å². The van der Waals surface area contributed by atoms with Crippen LogP contribution in [-0.2, 0) is 16.1 Å². The number of ether oxygens (including phenoxy) is 4. The highest BCUT2D eigenvalue weighted by atomic mass is 16.5. The van der Waals surface area contributed by atoms with E-state index in [9.17, 15) is 0 Å². The van der Waals surface area contributed by atoms with Crippen molar-refractivity contribution >= 4 is 5.95 Å². The smallest absolute Gasteiger partial charge is 0.229 e. The quantitative estimate of drug-likeness (QED) is 0.789. The number of aryl methyl sites for hydroxylation is 2. The van der Waals surface area contributed by atoms with Crippen LogP contribution in [-0.4, -0.2) is 54.7 Å². The number of hydrogen-bond donors (Lipinski definition) is 1. The maximum Gasteiger partial charge on any atom is 0.229 e. The van der Waals surface area contributed by atoms with Crippen LogP contribution in [0.1, 0.15) is 23.4 Å². The van der Waals surface area contributed by atoms with Crippen molar-refractivity contribution in [3.8, 4) is 11.8 Å². The number of aromatic nitrogens is 3. The normalized spacial score (nSPS) is 20.0. The highest BCUT2D eigenvalue weighted by Gasteiger charge is 2.28. The average molecular weight is 364 g/mol. The van der Waals surface area contributed by atoms with Gasteiger partial charge in [0.25, 0.3) is 0 Å². The van der Waals surface area contributed by atoms with E-state index >= 15 is 0 Å². The standard InChI is InChI=1S/C17H24N4O5/c1-10-12(11(2)26-21-10)8-25-14-5-6-24-9-13(14)18-17-19-15(22-3)7-16(20-17)23-4/h7,13-14H,5-6,8-9H2,1-4H3,(H,18,19,20)/t13-,14+/m1/s1. The minimum atomic E-state index is -0.0963. The summed E-state index contributed by atoms with van der Waals surface area (Å²) in [6, 6.07) is 1.52. The molecule has 1 saturated heterocycles. The lowest BCUT2D eigenvalue weighted by atomic mass is 10.1. The van der Waals surface area contributed by atoms with Crippen molar-refractivity contribution in [2.75, 3.05) is 32.8 Å². The summed E-state index contributed by atoms with van der Waals surface area (Å²) in [4.78, 5) is 8.61. The lowest BCUT2D eigenvalue weighted by Crippen LogP contribution is -2.44. The van der Waals surface area contributed by atoms with Gasteiger partial charge in [0.05, 0.1) is 51.3 Å². The van der Waals surface area contributed by atoms with Gasteiger partial charge in [-0.3, -0.25) is 0 Å². The molecule has 0 aliphatic carbocycles. The zero-order chi connectivity index (χ0) is 18.5. The Labute approximate surface area is 152 Å². The number of hydrogen-bond acceptors (Lipinski definition) is 9. The van der Waals surface area contributed by atoms with Crippen LogP contribution in [0.3, 0.4) is 0 Å². The fourth-order valence-corrected chi connectivity index (χ4v) is 2.79. The van der Waals surface area contributed by atoms with Gasteiger partial charge in [0, 0.05) is 12.2 Å². The Morgan fingerprint density at radius 1 is 1.19 bits per heavy atom. The van der Waals surface area contributed by atoms with E-state index in [4.69, 9.17) is 23.5 Å².